The molecule has 2 fully saturated rings. The first-order chi connectivity index (χ1) is 5.95. The minimum atomic E-state index is 0.611. The molecule has 2 aliphatic carbocycles. The van der Waals surface area contributed by atoms with Gasteiger partial charge in [0.05, 0.1) is 0 Å². The lowest BCUT2D eigenvalue weighted by Crippen LogP contribution is -2.00. The number of aliphatic imine (C=N–C) groups is 1. The van der Waals surface area contributed by atoms with Crippen molar-refractivity contribution in [3.05, 3.63) is 31.6 Å². The Balaban J connectivity index is 1.75. The maximum Gasteiger partial charge on any atom is 0.0496 e. The van der Waals surface area contributed by atoms with Crippen LogP contribution in [-0.4, -0.2) is 12.3 Å². The van der Waals surface area contributed by atoms with Gasteiger partial charge in [-0.3, -0.25) is 4.99 Å². The van der Waals surface area contributed by atoms with Crippen LogP contribution in [0.2, 0.25) is 0 Å². The standard InChI is InChI=1S/C11H14N/c1-2-6-10(5-1)9-12-11-7-3-4-8-11/h1-2,5-6,9,11H,3-4,7-8H2. The van der Waals surface area contributed by atoms with Gasteiger partial charge in [0.1, 0.15) is 0 Å². The first kappa shape index (κ1) is 8.28. The molecule has 0 amide bonds. The molecule has 0 unspecified atom stereocenters. The highest BCUT2D eigenvalue weighted by atomic mass is 14.8. The van der Waals surface area contributed by atoms with Gasteiger partial charge in [-0.15, -0.1) is 0 Å². The first-order valence-corrected chi connectivity index (χ1v) is 4.70. The smallest absolute Gasteiger partial charge is 0.0496 e. The maximum atomic E-state index is 4.54. The van der Waals surface area contributed by atoms with Gasteiger partial charge in [0, 0.05) is 18.2 Å². The van der Waals surface area contributed by atoms with Gasteiger partial charge >= 0.3 is 0 Å². The quantitative estimate of drug-likeness (QED) is 0.550. The van der Waals surface area contributed by atoms with Crippen molar-refractivity contribution in [3.63, 3.8) is 0 Å². The largest absolute Gasteiger partial charge is 0.294 e. The van der Waals surface area contributed by atoms with Gasteiger partial charge in [-0.25, -0.2) is 0 Å². The van der Waals surface area contributed by atoms with Crippen LogP contribution >= 0.6 is 0 Å². The van der Waals surface area contributed by atoms with E-state index in [-0.39, 0.29) is 0 Å². The fourth-order valence-corrected chi connectivity index (χ4v) is 1.72. The number of hydrogen-bond acceptors (Lipinski definition) is 1. The number of rotatable bonds is 2. The molecule has 5 radical (unpaired) electrons. The predicted molar refractivity (Wildman–Crippen MR) is 51.2 cm³/mol. The Kier molecular flexibility index (Phi) is 2.80. The normalized spacial score (nSPS) is 27.7. The minimum absolute atomic E-state index is 0.611. The fourth-order valence-electron chi connectivity index (χ4n) is 1.72. The average Bonchev–Trinajstić information content (AvgIpc) is 2.74. The highest BCUT2D eigenvalue weighted by Gasteiger charge is 2.16. The molecule has 0 aliphatic heterocycles. The van der Waals surface area contributed by atoms with Crippen molar-refractivity contribution in [3.8, 4) is 0 Å². The van der Waals surface area contributed by atoms with Gasteiger partial charge in [0.15, 0.2) is 0 Å². The first-order valence-electron chi connectivity index (χ1n) is 4.70. The molecule has 0 spiro atoms. The van der Waals surface area contributed by atoms with E-state index in [0.717, 1.165) is 0 Å². The lowest BCUT2D eigenvalue weighted by Gasteiger charge is -2.02. The molecule has 0 aromatic carbocycles. The summed E-state index contributed by atoms with van der Waals surface area (Å²) in [6.45, 7) is 0. The van der Waals surface area contributed by atoms with E-state index in [4.69, 9.17) is 0 Å². The van der Waals surface area contributed by atoms with Crippen molar-refractivity contribution >= 4 is 6.21 Å². The third kappa shape index (κ3) is 2.09. The van der Waals surface area contributed by atoms with Crippen LogP contribution < -0.4 is 0 Å². The van der Waals surface area contributed by atoms with E-state index in [0.29, 0.717) is 6.04 Å². The van der Waals surface area contributed by atoms with Gasteiger partial charge < -0.3 is 0 Å². The zero-order valence-corrected chi connectivity index (χ0v) is 7.24. The molecule has 0 N–H and O–H groups in total. The van der Waals surface area contributed by atoms with E-state index >= 15 is 0 Å². The van der Waals surface area contributed by atoms with Crippen LogP contribution in [0.1, 0.15) is 25.7 Å². The Morgan fingerprint density at radius 3 is 2.50 bits per heavy atom. The molecule has 2 aliphatic rings. The number of nitrogens with zero attached hydrogens (tertiary/aromatic N) is 1. The Bertz CT molecular complexity index is 132. The summed E-state index contributed by atoms with van der Waals surface area (Å²) in [6, 6.07) is 0.611. The molecule has 1 heteroatoms. The number of hydrogen-bond donors (Lipinski definition) is 0. The third-order valence-electron chi connectivity index (χ3n) is 2.45. The molecule has 12 heavy (non-hydrogen) atoms. The Morgan fingerprint density at radius 2 is 1.83 bits per heavy atom. The topological polar surface area (TPSA) is 12.4 Å². The summed E-state index contributed by atoms with van der Waals surface area (Å²) in [6.07, 6.45) is 15.6. The summed E-state index contributed by atoms with van der Waals surface area (Å²) in [4.78, 5) is 4.54. The SMILES string of the molecule is [CH]1[CH][CH][C](C=NC2CCCC2)[CH]1. The van der Waals surface area contributed by atoms with Crippen molar-refractivity contribution in [1.29, 1.82) is 0 Å². The molecule has 2 saturated carbocycles. The van der Waals surface area contributed by atoms with Gasteiger partial charge in [-0.1, -0.05) is 12.8 Å². The van der Waals surface area contributed by atoms with E-state index in [1.807, 2.05) is 6.21 Å². The van der Waals surface area contributed by atoms with Crippen LogP contribution in [0.5, 0.6) is 0 Å². The lowest BCUT2D eigenvalue weighted by atomic mass is 10.1. The molecule has 0 aromatic heterocycles. The molecule has 63 valence electrons. The molecule has 2 rings (SSSR count). The van der Waals surface area contributed by atoms with Gasteiger partial charge in [0.2, 0.25) is 0 Å². The van der Waals surface area contributed by atoms with Crippen LogP contribution in [-0.2, 0) is 0 Å². The third-order valence-corrected chi connectivity index (χ3v) is 2.45. The maximum absolute atomic E-state index is 4.54. The van der Waals surface area contributed by atoms with E-state index in [2.05, 4.69) is 30.7 Å². The molecule has 0 aromatic rings. The van der Waals surface area contributed by atoms with Crippen LogP contribution in [0.4, 0.5) is 0 Å². The zero-order chi connectivity index (χ0) is 8.23. The highest BCUT2D eigenvalue weighted by molar-refractivity contribution is 5.82. The Labute approximate surface area is 75.3 Å². The highest BCUT2D eigenvalue weighted by Crippen LogP contribution is 2.24. The predicted octanol–water partition coefficient (Wildman–Crippen LogP) is 2.41. The second kappa shape index (κ2) is 4.06. The van der Waals surface area contributed by atoms with E-state index in [1.54, 1.807) is 0 Å². The van der Waals surface area contributed by atoms with Crippen molar-refractivity contribution in [2.45, 2.75) is 31.7 Å². The second-order valence-corrected chi connectivity index (χ2v) is 3.43. The van der Waals surface area contributed by atoms with Crippen LogP contribution in [0.25, 0.3) is 0 Å². The molecule has 0 bridgehead atoms. The van der Waals surface area contributed by atoms with Crippen molar-refractivity contribution in [1.82, 2.24) is 0 Å². The van der Waals surface area contributed by atoms with Crippen molar-refractivity contribution in [2.75, 3.05) is 0 Å². The summed E-state index contributed by atoms with van der Waals surface area (Å²) in [7, 11) is 0. The van der Waals surface area contributed by atoms with Crippen molar-refractivity contribution < 1.29 is 0 Å². The van der Waals surface area contributed by atoms with Crippen LogP contribution in [0.3, 0.4) is 0 Å². The van der Waals surface area contributed by atoms with E-state index in [1.165, 1.54) is 31.6 Å². The van der Waals surface area contributed by atoms with Gasteiger partial charge in [-0.2, -0.15) is 0 Å². The molecule has 0 heterocycles. The summed E-state index contributed by atoms with van der Waals surface area (Å²) in [5, 5.41) is 0. The van der Waals surface area contributed by atoms with Crippen molar-refractivity contribution in [2.24, 2.45) is 4.99 Å². The summed E-state index contributed by atoms with van der Waals surface area (Å²) in [5.41, 5.74) is 0. The van der Waals surface area contributed by atoms with Crippen LogP contribution in [0, 0.1) is 31.6 Å². The van der Waals surface area contributed by atoms with Gasteiger partial charge in [0.25, 0.3) is 0 Å². The molecule has 1 nitrogen and oxygen atoms in total. The molecule has 0 saturated heterocycles. The van der Waals surface area contributed by atoms with Crippen LogP contribution in [0.15, 0.2) is 4.99 Å². The van der Waals surface area contributed by atoms with Gasteiger partial charge in [-0.05, 0) is 38.5 Å². The van der Waals surface area contributed by atoms with E-state index in [9.17, 15) is 0 Å². The summed E-state index contributed by atoms with van der Waals surface area (Å²) < 4.78 is 0. The molecule has 0 atom stereocenters. The summed E-state index contributed by atoms with van der Waals surface area (Å²) in [5.74, 6) is 1.24. The van der Waals surface area contributed by atoms with E-state index < -0.39 is 0 Å². The minimum Gasteiger partial charge on any atom is -0.294 e. The molecular weight excluding hydrogens is 146 g/mol. The fraction of sp³-hybridized carbons (Fsp3) is 0.455. The Morgan fingerprint density at radius 1 is 1.17 bits per heavy atom. The second-order valence-electron chi connectivity index (χ2n) is 3.43. The molecular formula is C11H14N. The Hall–Kier alpha value is -0.330. The average molecular weight is 160 g/mol. The summed E-state index contributed by atoms with van der Waals surface area (Å²) >= 11 is 0. The zero-order valence-electron chi connectivity index (χ0n) is 7.24. The monoisotopic (exact) mass is 160 g/mol. The lowest BCUT2D eigenvalue weighted by molar-refractivity contribution is 0.709.